The van der Waals surface area contributed by atoms with Crippen molar-refractivity contribution in [1.82, 2.24) is 24.8 Å². The Morgan fingerprint density at radius 1 is 1.07 bits per heavy atom. The first-order valence-corrected chi connectivity index (χ1v) is 8.82. The molecule has 0 saturated carbocycles. The molecule has 0 aliphatic carbocycles. The summed E-state index contributed by atoms with van der Waals surface area (Å²) in [5.41, 5.74) is 5.26. The Morgan fingerprint density at radius 2 is 1.93 bits per heavy atom. The van der Waals surface area contributed by atoms with E-state index in [2.05, 4.69) is 58.5 Å². The highest BCUT2D eigenvalue weighted by molar-refractivity contribution is 5.57. The second-order valence-corrected chi connectivity index (χ2v) is 6.72. The molecule has 136 valence electrons. The van der Waals surface area contributed by atoms with Crippen molar-refractivity contribution in [2.24, 2.45) is 0 Å². The molecular formula is C21H21N5O. The summed E-state index contributed by atoms with van der Waals surface area (Å²) in [5, 5.41) is 8.63. The molecule has 6 nitrogen and oxygen atoms in total. The van der Waals surface area contributed by atoms with Gasteiger partial charge in [0.15, 0.2) is 5.76 Å². The molecular weight excluding hydrogens is 338 g/mol. The Kier molecular flexibility index (Phi) is 4.80. The Labute approximate surface area is 158 Å². The number of aryl methyl sites for hydroxylation is 1. The monoisotopic (exact) mass is 359 g/mol. The third-order valence-electron chi connectivity index (χ3n) is 4.32. The zero-order chi connectivity index (χ0) is 18.6. The average molecular weight is 359 g/mol. The van der Waals surface area contributed by atoms with E-state index in [1.165, 1.54) is 5.56 Å². The molecule has 0 spiro atoms. The highest BCUT2D eigenvalue weighted by Gasteiger charge is 2.10. The van der Waals surface area contributed by atoms with Crippen LogP contribution in [-0.2, 0) is 13.1 Å². The number of aromatic nitrogens is 4. The fourth-order valence-corrected chi connectivity index (χ4v) is 3.03. The summed E-state index contributed by atoms with van der Waals surface area (Å²) < 4.78 is 7.39. The largest absolute Gasteiger partial charge is 0.359 e. The maximum Gasteiger partial charge on any atom is 0.151 e. The van der Waals surface area contributed by atoms with Gasteiger partial charge in [-0.1, -0.05) is 17.3 Å². The van der Waals surface area contributed by atoms with E-state index in [1.54, 1.807) is 12.4 Å². The smallest absolute Gasteiger partial charge is 0.151 e. The van der Waals surface area contributed by atoms with Crippen molar-refractivity contribution in [3.63, 3.8) is 0 Å². The van der Waals surface area contributed by atoms with Crippen molar-refractivity contribution in [2.45, 2.75) is 20.0 Å². The minimum absolute atomic E-state index is 0.674. The Balaban J connectivity index is 1.40. The predicted octanol–water partition coefficient (Wildman–Crippen LogP) is 3.86. The van der Waals surface area contributed by atoms with Gasteiger partial charge in [-0.3, -0.25) is 9.88 Å². The minimum atomic E-state index is 0.674. The molecule has 3 aromatic heterocycles. The molecule has 0 aliphatic heterocycles. The van der Waals surface area contributed by atoms with Gasteiger partial charge >= 0.3 is 0 Å². The van der Waals surface area contributed by atoms with Gasteiger partial charge in [0.1, 0.15) is 5.69 Å². The summed E-state index contributed by atoms with van der Waals surface area (Å²) >= 11 is 0. The maximum atomic E-state index is 5.48. The van der Waals surface area contributed by atoms with Crippen LogP contribution in [0.2, 0.25) is 0 Å². The van der Waals surface area contributed by atoms with E-state index in [-0.39, 0.29) is 0 Å². The molecule has 0 atom stereocenters. The molecule has 0 bridgehead atoms. The fourth-order valence-electron chi connectivity index (χ4n) is 3.03. The van der Waals surface area contributed by atoms with Crippen molar-refractivity contribution in [3.8, 4) is 16.9 Å². The SMILES string of the molecule is Cc1cccc(-n2cc(CN(C)Cc3cc(-c4ccncc4)no3)cn2)c1. The van der Waals surface area contributed by atoms with Crippen LogP contribution in [0, 0.1) is 6.92 Å². The number of hydrogen-bond donors (Lipinski definition) is 0. The molecule has 4 aromatic rings. The van der Waals surface area contributed by atoms with E-state index in [4.69, 9.17) is 4.52 Å². The van der Waals surface area contributed by atoms with Crippen LogP contribution in [0.1, 0.15) is 16.9 Å². The quantitative estimate of drug-likeness (QED) is 0.523. The highest BCUT2D eigenvalue weighted by atomic mass is 16.5. The average Bonchev–Trinajstić information content (AvgIpc) is 3.32. The Hall–Kier alpha value is -3.25. The summed E-state index contributed by atoms with van der Waals surface area (Å²) in [6, 6.07) is 14.1. The number of nitrogens with zero attached hydrogens (tertiary/aromatic N) is 5. The third kappa shape index (κ3) is 4.12. The number of hydrogen-bond acceptors (Lipinski definition) is 5. The molecule has 0 radical (unpaired) electrons. The Morgan fingerprint density at radius 3 is 2.74 bits per heavy atom. The zero-order valence-corrected chi connectivity index (χ0v) is 15.4. The topological polar surface area (TPSA) is 60.0 Å². The summed E-state index contributed by atoms with van der Waals surface area (Å²) in [6.45, 7) is 3.53. The predicted molar refractivity (Wildman–Crippen MR) is 103 cm³/mol. The second-order valence-electron chi connectivity index (χ2n) is 6.72. The van der Waals surface area contributed by atoms with Gasteiger partial charge in [-0.2, -0.15) is 5.10 Å². The number of pyridine rings is 1. The van der Waals surface area contributed by atoms with Gasteiger partial charge in [-0.05, 0) is 43.8 Å². The first-order valence-electron chi connectivity index (χ1n) is 8.82. The first kappa shape index (κ1) is 17.2. The molecule has 1 aromatic carbocycles. The summed E-state index contributed by atoms with van der Waals surface area (Å²) in [4.78, 5) is 6.20. The molecule has 0 N–H and O–H groups in total. The van der Waals surface area contributed by atoms with Gasteiger partial charge < -0.3 is 4.52 Å². The van der Waals surface area contributed by atoms with Crippen molar-refractivity contribution in [2.75, 3.05) is 7.05 Å². The van der Waals surface area contributed by atoms with Gasteiger partial charge in [-0.15, -0.1) is 0 Å². The van der Waals surface area contributed by atoms with Gasteiger partial charge in [0.25, 0.3) is 0 Å². The lowest BCUT2D eigenvalue weighted by molar-refractivity contribution is 0.267. The van der Waals surface area contributed by atoms with Gasteiger partial charge in [0.05, 0.1) is 18.4 Å². The number of rotatable bonds is 6. The van der Waals surface area contributed by atoms with E-state index in [1.807, 2.05) is 35.1 Å². The normalized spacial score (nSPS) is 11.2. The Bertz CT molecular complexity index is 1020. The van der Waals surface area contributed by atoms with Crippen molar-refractivity contribution in [3.05, 3.63) is 84.1 Å². The summed E-state index contributed by atoms with van der Waals surface area (Å²) in [6.07, 6.45) is 7.47. The first-order chi connectivity index (χ1) is 13.2. The van der Waals surface area contributed by atoms with Crippen molar-refractivity contribution >= 4 is 0 Å². The van der Waals surface area contributed by atoms with Gasteiger partial charge in [0.2, 0.25) is 0 Å². The highest BCUT2D eigenvalue weighted by Crippen LogP contribution is 2.19. The van der Waals surface area contributed by atoms with Crippen LogP contribution in [0.3, 0.4) is 0 Å². The van der Waals surface area contributed by atoms with E-state index in [0.29, 0.717) is 6.54 Å². The molecule has 3 heterocycles. The van der Waals surface area contributed by atoms with Crippen LogP contribution in [0.5, 0.6) is 0 Å². The van der Waals surface area contributed by atoms with Crippen LogP contribution in [0.25, 0.3) is 16.9 Å². The minimum Gasteiger partial charge on any atom is -0.359 e. The molecule has 0 fully saturated rings. The summed E-state index contributed by atoms with van der Waals surface area (Å²) in [7, 11) is 2.05. The van der Waals surface area contributed by atoms with Crippen molar-refractivity contribution < 1.29 is 4.52 Å². The molecule has 0 aliphatic rings. The van der Waals surface area contributed by atoms with Crippen LogP contribution >= 0.6 is 0 Å². The van der Waals surface area contributed by atoms with E-state index in [0.717, 1.165) is 34.8 Å². The number of benzene rings is 1. The molecule has 6 heteroatoms. The van der Waals surface area contributed by atoms with E-state index >= 15 is 0 Å². The lowest BCUT2D eigenvalue weighted by Gasteiger charge is -2.12. The standard InChI is InChI=1S/C21H21N5O/c1-16-4-3-5-19(10-16)26-14-17(12-23-26)13-25(2)15-20-11-21(24-27-20)18-6-8-22-9-7-18/h3-12,14H,13,15H2,1-2H3. The zero-order valence-electron chi connectivity index (χ0n) is 15.4. The lowest BCUT2D eigenvalue weighted by Crippen LogP contribution is -2.16. The van der Waals surface area contributed by atoms with Crippen LogP contribution in [-0.4, -0.2) is 31.9 Å². The molecule has 0 unspecified atom stereocenters. The fraction of sp³-hybridized carbons (Fsp3) is 0.190. The lowest BCUT2D eigenvalue weighted by atomic mass is 10.2. The van der Waals surface area contributed by atoms with Gasteiger partial charge in [-0.25, -0.2) is 4.68 Å². The van der Waals surface area contributed by atoms with E-state index in [9.17, 15) is 0 Å². The van der Waals surface area contributed by atoms with Crippen LogP contribution in [0.4, 0.5) is 0 Å². The van der Waals surface area contributed by atoms with Crippen LogP contribution in [0.15, 0.2) is 71.8 Å². The molecule has 0 amide bonds. The maximum absolute atomic E-state index is 5.48. The molecule has 4 rings (SSSR count). The summed E-state index contributed by atoms with van der Waals surface area (Å²) in [5.74, 6) is 0.829. The molecule has 27 heavy (non-hydrogen) atoms. The van der Waals surface area contributed by atoms with Crippen LogP contribution < -0.4 is 0 Å². The van der Waals surface area contributed by atoms with Crippen molar-refractivity contribution in [1.29, 1.82) is 0 Å². The second kappa shape index (κ2) is 7.55. The molecule has 0 saturated heterocycles. The third-order valence-corrected chi connectivity index (χ3v) is 4.32. The van der Waals surface area contributed by atoms with E-state index < -0.39 is 0 Å². The van der Waals surface area contributed by atoms with Gasteiger partial charge in [0, 0.05) is 42.3 Å².